The minimum absolute atomic E-state index is 0.103. The molecule has 0 rings (SSSR count). The van der Waals surface area contributed by atoms with E-state index in [0.29, 0.717) is 6.61 Å². The van der Waals surface area contributed by atoms with E-state index >= 15 is 0 Å². The lowest BCUT2D eigenvalue weighted by atomic mass is 10.2. The second-order valence-electron chi connectivity index (χ2n) is 2.38. The van der Waals surface area contributed by atoms with E-state index in [9.17, 15) is 5.11 Å². The Labute approximate surface area is 63.2 Å². The van der Waals surface area contributed by atoms with Gasteiger partial charge in [-0.2, -0.15) is 0 Å². The van der Waals surface area contributed by atoms with Gasteiger partial charge in [-0.1, -0.05) is 26.2 Å². The van der Waals surface area contributed by atoms with E-state index in [0.717, 1.165) is 13.0 Å². The van der Waals surface area contributed by atoms with Gasteiger partial charge < -0.3 is 4.74 Å². The molecule has 0 aliphatic carbocycles. The summed E-state index contributed by atoms with van der Waals surface area (Å²) in [7, 11) is 0. The van der Waals surface area contributed by atoms with Crippen molar-refractivity contribution < 1.29 is 9.84 Å². The number of rotatable bonds is 7. The third-order valence-electron chi connectivity index (χ3n) is 1.37. The highest BCUT2D eigenvalue weighted by Crippen LogP contribution is 1.98. The van der Waals surface area contributed by atoms with Gasteiger partial charge in [-0.3, -0.25) is 0 Å². The molecule has 1 radical (unpaired) electrons. The summed E-state index contributed by atoms with van der Waals surface area (Å²) in [6.07, 6.45) is 4.87. The minimum Gasteiger partial charge on any atom is -0.379 e. The van der Waals surface area contributed by atoms with Crippen molar-refractivity contribution in [2.45, 2.75) is 32.6 Å². The summed E-state index contributed by atoms with van der Waals surface area (Å²) >= 11 is 0. The molecule has 2 nitrogen and oxygen atoms in total. The van der Waals surface area contributed by atoms with Crippen molar-refractivity contribution in [3.63, 3.8) is 0 Å². The van der Waals surface area contributed by atoms with Gasteiger partial charge in [0.2, 0.25) is 0 Å². The highest BCUT2D eigenvalue weighted by Gasteiger charge is 1.87. The Balaban J connectivity index is 2.65. The average Bonchev–Trinajstić information content (AvgIpc) is 1.97. The van der Waals surface area contributed by atoms with E-state index in [-0.39, 0.29) is 6.61 Å². The van der Waals surface area contributed by atoms with Crippen molar-refractivity contribution in [1.29, 1.82) is 0 Å². The molecule has 2 heteroatoms. The third kappa shape index (κ3) is 7.92. The number of hydrogen-bond donors (Lipinski definition) is 0. The predicted octanol–water partition coefficient (Wildman–Crippen LogP) is 2.01. The molecular weight excluding hydrogens is 128 g/mol. The summed E-state index contributed by atoms with van der Waals surface area (Å²) in [5, 5.41) is 9.89. The molecule has 0 saturated heterocycles. The first-order valence-corrected chi connectivity index (χ1v) is 4.07. The summed E-state index contributed by atoms with van der Waals surface area (Å²) in [5.41, 5.74) is 0. The Morgan fingerprint density at radius 1 is 1.10 bits per heavy atom. The van der Waals surface area contributed by atoms with Crippen molar-refractivity contribution in [2.75, 3.05) is 19.8 Å². The van der Waals surface area contributed by atoms with Crippen LogP contribution < -0.4 is 0 Å². The van der Waals surface area contributed by atoms with Crippen LogP contribution in [0.5, 0.6) is 0 Å². The van der Waals surface area contributed by atoms with Gasteiger partial charge in [0.05, 0.1) is 6.61 Å². The van der Waals surface area contributed by atoms with Crippen LogP contribution in [-0.2, 0) is 9.84 Å². The zero-order chi connectivity index (χ0) is 7.66. The Bertz CT molecular complexity index is 47.2. The summed E-state index contributed by atoms with van der Waals surface area (Å²) in [4.78, 5) is 0. The first-order chi connectivity index (χ1) is 4.91. The summed E-state index contributed by atoms with van der Waals surface area (Å²) in [6, 6.07) is 0. The predicted molar refractivity (Wildman–Crippen MR) is 40.5 cm³/mol. The van der Waals surface area contributed by atoms with Crippen molar-refractivity contribution in [3.8, 4) is 0 Å². The lowest BCUT2D eigenvalue weighted by Gasteiger charge is -1.99. The van der Waals surface area contributed by atoms with E-state index in [1.54, 1.807) is 0 Å². The Morgan fingerprint density at radius 2 is 1.90 bits per heavy atom. The molecule has 0 fully saturated rings. The Morgan fingerprint density at radius 3 is 2.50 bits per heavy atom. The fraction of sp³-hybridized carbons (Fsp3) is 1.00. The lowest BCUT2D eigenvalue weighted by molar-refractivity contribution is 0.0619. The monoisotopic (exact) mass is 145 g/mol. The molecule has 0 aromatic carbocycles. The van der Waals surface area contributed by atoms with E-state index in [2.05, 4.69) is 6.92 Å². The van der Waals surface area contributed by atoms with Gasteiger partial charge in [0.15, 0.2) is 0 Å². The van der Waals surface area contributed by atoms with Crippen LogP contribution in [0.15, 0.2) is 0 Å². The highest BCUT2D eigenvalue weighted by molar-refractivity contribution is 4.38. The summed E-state index contributed by atoms with van der Waals surface area (Å²) in [5.74, 6) is 0. The molecule has 10 heavy (non-hydrogen) atoms. The fourth-order valence-electron chi connectivity index (χ4n) is 0.792. The molecule has 0 aliphatic rings. The van der Waals surface area contributed by atoms with E-state index in [4.69, 9.17) is 4.74 Å². The molecule has 0 bridgehead atoms. The van der Waals surface area contributed by atoms with Crippen molar-refractivity contribution in [3.05, 3.63) is 0 Å². The van der Waals surface area contributed by atoms with Gasteiger partial charge in [0, 0.05) is 6.61 Å². The third-order valence-corrected chi connectivity index (χ3v) is 1.37. The average molecular weight is 145 g/mol. The van der Waals surface area contributed by atoms with Gasteiger partial charge in [-0.15, -0.1) is 0 Å². The topological polar surface area (TPSA) is 29.1 Å². The molecule has 0 saturated carbocycles. The first kappa shape index (κ1) is 9.92. The molecular formula is C8H17O2. The van der Waals surface area contributed by atoms with Crippen molar-refractivity contribution >= 4 is 0 Å². The molecule has 0 N–H and O–H groups in total. The van der Waals surface area contributed by atoms with Crippen LogP contribution in [0.1, 0.15) is 32.6 Å². The van der Waals surface area contributed by atoms with E-state index in [1.165, 1.54) is 19.3 Å². The largest absolute Gasteiger partial charge is 0.379 e. The van der Waals surface area contributed by atoms with Crippen molar-refractivity contribution in [1.82, 2.24) is 0 Å². The van der Waals surface area contributed by atoms with Crippen LogP contribution in [0.2, 0.25) is 0 Å². The number of unbranched alkanes of at least 4 members (excludes halogenated alkanes) is 3. The van der Waals surface area contributed by atoms with Crippen LogP contribution in [0.25, 0.3) is 0 Å². The molecule has 0 heterocycles. The second kappa shape index (κ2) is 8.92. The zero-order valence-electron chi connectivity index (χ0n) is 6.77. The standard InChI is InChI=1S/C8H17O2/c1-2-3-4-5-7-10-8-6-9/h2-8H2,1H3. The highest BCUT2D eigenvalue weighted by atomic mass is 16.5. The maximum Gasteiger partial charge on any atom is 0.106 e. The molecule has 0 aromatic rings. The SMILES string of the molecule is CCCCCCOCC[O]. The van der Waals surface area contributed by atoms with Crippen LogP contribution >= 0.6 is 0 Å². The van der Waals surface area contributed by atoms with Gasteiger partial charge in [0.25, 0.3) is 0 Å². The number of hydrogen-bond acceptors (Lipinski definition) is 1. The zero-order valence-corrected chi connectivity index (χ0v) is 6.77. The van der Waals surface area contributed by atoms with Crippen LogP contribution in [0, 0.1) is 0 Å². The summed E-state index contributed by atoms with van der Waals surface area (Å²) in [6.45, 7) is 3.22. The maximum absolute atomic E-state index is 9.89. The Hall–Kier alpha value is -0.0800. The summed E-state index contributed by atoms with van der Waals surface area (Å²) < 4.78 is 5.02. The van der Waals surface area contributed by atoms with Crippen molar-refractivity contribution in [2.24, 2.45) is 0 Å². The lowest BCUT2D eigenvalue weighted by Crippen LogP contribution is -1.99. The van der Waals surface area contributed by atoms with Gasteiger partial charge >= 0.3 is 0 Å². The molecule has 0 atom stereocenters. The second-order valence-corrected chi connectivity index (χ2v) is 2.38. The Kier molecular flexibility index (Phi) is 8.85. The van der Waals surface area contributed by atoms with Crippen LogP contribution in [0.3, 0.4) is 0 Å². The molecule has 0 aromatic heterocycles. The van der Waals surface area contributed by atoms with Gasteiger partial charge in [0.1, 0.15) is 6.61 Å². The quantitative estimate of drug-likeness (QED) is 0.504. The molecule has 0 amide bonds. The molecule has 0 aliphatic heterocycles. The van der Waals surface area contributed by atoms with E-state index < -0.39 is 0 Å². The molecule has 0 spiro atoms. The van der Waals surface area contributed by atoms with Gasteiger partial charge in [-0.25, -0.2) is 5.11 Å². The van der Waals surface area contributed by atoms with Crippen LogP contribution in [0.4, 0.5) is 0 Å². The first-order valence-electron chi connectivity index (χ1n) is 4.07. The normalized spacial score (nSPS) is 10.2. The molecule has 61 valence electrons. The maximum atomic E-state index is 9.89. The van der Waals surface area contributed by atoms with Gasteiger partial charge in [-0.05, 0) is 6.42 Å². The fourth-order valence-corrected chi connectivity index (χ4v) is 0.792. The van der Waals surface area contributed by atoms with Crippen LogP contribution in [-0.4, -0.2) is 19.8 Å². The smallest absolute Gasteiger partial charge is 0.106 e. The molecule has 0 unspecified atom stereocenters. The number of ether oxygens (including phenoxy) is 1. The minimum atomic E-state index is -0.103. The van der Waals surface area contributed by atoms with E-state index in [1.807, 2.05) is 0 Å².